The molecule has 0 aromatic carbocycles. The summed E-state index contributed by atoms with van der Waals surface area (Å²) in [5, 5.41) is 10.0. The van der Waals surface area contributed by atoms with E-state index in [1.165, 1.54) is 0 Å². The van der Waals surface area contributed by atoms with Crippen molar-refractivity contribution in [2.75, 3.05) is 0 Å². The molecule has 5 rings (SSSR count). The van der Waals surface area contributed by atoms with Crippen LogP contribution in [0.4, 0.5) is 0 Å². The van der Waals surface area contributed by atoms with Crippen molar-refractivity contribution in [3.63, 3.8) is 0 Å². The van der Waals surface area contributed by atoms with E-state index in [1.54, 1.807) is 0 Å². The van der Waals surface area contributed by atoms with Crippen LogP contribution in [0.1, 0.15) is 87.0 Å². The minimum atomic E-state index is -0.903. The van der Waals surface area contributed by atoms with Crippen LogP contribution in [-0.4, -0.2) is 22.6 Å². The Morgan fingerprint density at radius 3 is 2.17 bits per heavy atom. The number of allylic oxidation sites excluding steroid dienone is 5. The Labute approximate surface area is 217 Å². The van der Waals surface area contributed by atoms with Crippen molar-refractivity contribution in [2.24, 2.45) is 44.3 Å². The summed E-state index contributed by atoms with van der Waals surface area (Å²) in [5.74, 6) is -0.642. The van der Waals surface area contributed by atoms with Gasteiger partial charge in [0, 0.05) is 16.7 Å². The van der Waals surface area contributed by atoms with Gasteiger partial charge in [-0.3, -0.25) is 14.4 Å². The molecule has 2 saturated carbocycles. The van der Waals surface area contributed by atoms with Crippen LogP contribution in [0, 0.1) is 44.3 Å². The minimum absolute atomic E-state index is 0.0902. The number of fused-ring (bicyclic) bond motifs is 7. The fraction of sp³-hybridized carbons (Fsp3) is 0.700. The summed E-state index contributed by atoms with van der Waals surface area (Å²) in [7, 11) is 0. The van der Waals surface area contributed by atoms with E-state index >= 15 is 0 Å². The van der Waals surface area contributed by atoms with E-state index in [0.717, 1.165) is 43.3 Å². The molecule has 0 aliphatic heterocycles. The Morgan fingerprint density at radius 1 is 0.914 bits per heavy atom. The minimum Gasteiger partial charge on any atom is -0.481 e. The van der Waals surface area contributed by atoms with E-state index in [9.17, 15) is 19.5 Å². The normalized spacial score (nSPS) is 48.4. The van der Waals surface area contributed by atoms with Gasteiger partial charge in [-0.05, 0) is 101 Å². The zero-order chi connectivity index (χ0) is 26.0. The molecule has 0 unspecified atom stereocenters. The molecule has 0 aromatic rings. The van der Waals surface area contributed by atoms with Gasteiger partial charge in [0.15, 0.2) is 11.6 Å². The fourth-order valence-corrected chi connectivity index (χ4v) is 10.2. The van der Waals surface area contributed by atoms with E-state index < -0.39 is 22.2 Å². The number of carboxylic acid groups (broad SMARTS) is 1. The number of aliphatic carboxylic acids is 1. The zero-order valence-electron chi connectivity index (χ0n) is 22.2. The standard InChI is InChI=1S/C30H39BrO4/c1-25(2)21-8-9-30(7)22(28(21,5)16-19(31)23(25)33)20(32)14-17-18-15-27(4,24(34)35)11-10-26(18,3)12-13-29(17,30)6/h14-16,21-22H,8-13H2,1-7H3,(H,34,35)/t21-,22+,26+,27-,28-,29+,30+/m0/s1. The molecule has 0 bridgehead atoms. The average Bonchev–Trinajstić information content (AvgIpc) is 2.74. The van der Waals surface area contributed by atoms with Gasteiger partial charge in [0.25, 0.3) is 0 Å². The summed E-state index contributed by atoms with van der Waals surface area (Å²) in [4.78, 5) is 39.5. The molecule has 1 N–H and O–H groups in total. The second-order valence-electron chi connectivity index (χ2n) is 14.0. The van der Waals surface area contributed by atoms with E-state index in [1.807, 2.05) is 32.9 Å². The maximum atomic E-state index is 14.2. The summed E-state index contributed by atoms with van der Waals surface area (Å²) in [6.45, 7) is 15.0. The maximum Gasteiger partial charge on any atom is 0.313 e. The molecule has 5 heteroatoms. The monoisotopic (exact) mass is 542 g/mol. The summed E-state index contributed by atoms with van der Waals surface area (Å²) >= 11 is 3.56. The van der Waals surface area contributed by atoms with Crippen LogP contribution in [0.15, 0.2) is 33.9 Å². The van der Waals surface area contributed by atoms with E-state index in [0.29, 0.717) is 10.9 Å². The van der Waals surface area contributed by atoms with Gasteiger partial charge >= 0.3 is 5.97 Å². The molecule has 0 aromatic heterocycles. The average molecular weight is 544 g/mol. The molecule has 0 amide bonds. The summed E-state index contributed by atoms with van der Waals surface area (Å²) in [5.41, 5.74) is -0.283. The largest absolute Gasteiger partial charge is 0.481 e. The first-order valence-corrected chi connectivity index (χ1v) is 13.9. The van der Waals surface area contributed by atoms with Crippen LogP contribution >= 0.6 is 15.9 Å². The molecule has 35 heavy (non-hydrogen) atoms. The quantitative estimate of drug-likeness (QED) is 0.385. The van der Waals surface area contributed by atoms with Gasteiger partial charge in [-0.2, -0.15) is 0 Å². The third-order valence-corrected chi connectivity index (χ3v) is 12.4. The Hall–Kier alpha value is -1.49. The second-order valence-corrected chi connectivity index (χ2v) is 14.8. The van der Waals surface area contributed by atoms with Crippen molar-refractivity contribution < 1.29 is 19.5 Å². The summed E-state index contributed by atoms with van der Waals surface area (Å²) in [6.07, 6.45) is 11.2. The van der Waals surface area contributed by atoms with Crippen molar-refractivity contribution in [2.45, 2.75) is 87.0 Å². The Kier molecular flexibility index (Phi) is 5.09. The van der Waals surface area contributed by atoms with Gasteiger partial charge in [0.1, 0.15) is 0 Å². The number of carboxylic acids is 1. The first-order chi connectivity index (χ1) is 16.0. The van der Waals surface area contributed by atoms with Crippen molar-refractivity contribution in [1.82, 2.24) is 0 Å². The molecule has 5 aliphatic rings. The van der Waals surface area contributed by atoms with Crippen LogP contribution in [0.5, 0.6) is 0 Å². The lowest BCUT2D eigenvalue weighted by Gasteiger charge is -2.68. The van der Waals surface area contributed by atoms with Crippen molar-refractivity contribution in [3.8, 4) is 0 Å². The topological polar surface area (TPSA) is 71.4 Å². The Balaban J connectivity index is 1.72. The fourth-order valence-electron chi connectivity index (χ4n) is 9.21. The highest BCUT2D eigenvalue weighted by molar-refractivity contribution is 9.12. The highest BCUT2D eigenvalue weighted by Gasteiger charge is 2.69. The molecule has 0 heterocycles. The predicted molar refractivity (Wildman–Crippen MR) is 140 cm³/mol. The van der Waals surface area contributed by atoms with E-state index in [2.05, 4.69) is 49.7 Å². The summed E-state index contributed by atoms with van der Waals surface area (Å²) in [6, 6.07) is 0. The van der Waals surface area contributed by atoms with Crippen molar-refractivity contribution in [1.29, 1.82) is 0 Å². The van der Waals surface area contributed by atoms with Crippen LogP contribution in [-0.2, 0) is 14.4 Å². The lowest BCUT2D eigenvalue weighted by molar-refractivity contribution is -0.164. The lowest BCUT2D eigenvalue weighted by Crippen LogP contribution is -2.64. The molecule has 0 spiro atoms. The van der Waals surface area contributed by atoms with Crippen molar-refractivity contribution >= 4 is 33.5 Å². The molecule has 0 saturated heterocycles. The number of carbonyl (C=O) groups excluding carboxylic acids is 2. The molecule has 7 atom stereocenters. The lowest BCUT2D eigenvalue weighted by atomic mass is 9.35. The third kappa shape index (κ3) is 2.94. The number of rotatable bonds is 1. The first-order valence-electron chi connectivity index (χ1n) is 13.1. The molecule has 0 radical (unpaired) electrons. The smallest absolute Gasteiger partial charge is 0.313 e. The number of Topliss-reactive ketones (excluding diaryl/α,β-unsaturated/α-hetero) is 1. The van der Waals surface area contributed by atoms with Crippen LogP contribution in [0.2, 0.25) is 0 Å². The maximum absolute atomic E-state index is 14.2. The summed E-state index contributed by atoms with van der Waals surface area (Å²) < 4.78 is 0.599. The Bertz CT molecular complexity index is 1160. The first kappa shape index (κ1) is 25.2. The molecular weight excluding hydrogens is 504 g/mol. The van der Waals surface area contributed by atoms with Crippen LogP contribution in [0.3, 0.4) is 0 Å². The van der Waals surface area contributed by atoms with Crippen LogP contribution < -0.4 is 0 Å². The number of hydrogen-bond acceptors (Lipinski definition) is 3. The van der Waals surface area contributed by atoms with Crippen LogP contribution in [0.25, 0.3) is 0 Å². The van der Waals surface area contributed by atoms with Gasteiger partial charge in [-0.15, -0.1) is 0 Å². The number of halogens is 1. The molecular formula is C30H39BrO4. The SMILES string of the molecule is CC1(C)C(=O)C(Br)=C[C@]2(C)[C@H]3C(=O)C=C4C5=C[C@@](C)(C(=O)O)CC[C@]5(C)CC[C@@]4(C)[C@]3(C)CC[C@@H]12. The second kappa shape index (κ2) is 7.08. The van der Waals surface area contributed by atoms with Gasteiger partial charge < -0.3 is 5.11 Å². The van der Waals surface area contributed by atoms with Gasteiger partial charge in [0.2, 0.25) is 0 Å². The Morgan fingerprint density at radius 2 is 1.54 bits per heavy atom. The molecule has 190 valence electrons. The van der Waals surface area contributed by atoms with E-state index in [4.69, 9.17) is 0 Å². The highest BCUT2D eigenvalue weighted by atomic mass is 79.9. The molecule has 4 nitrogen and oxygen atoms in total. The number of ketones is 2. The molecule has 5 aliphatic carbocycles. The number of hydrogen-bond donors (Lipinski definition) is 1. The van der Waals surface area contributed by atoms with Gasteiger partial charge in [-0.25, -0.2) is 0 Å². The molecule has 2 fully saturated rings. The van der Waals surface area contributed by atoms with Gasteiger partial charge in [-0.1, -0.05) is 53.7 Å². The van der Waals surface area contributed by atoms with Gasteiger partial charge in [0.05, 0.1) is 9.90 Å². The third-order valence-electron chi connectivity index (χ3n) is 11.8. The van der Waals surface area contributed by atoms with Crippen molar-refractivity contribution in [3.05, 3.63) is 33.9 Å². The van der Waals surface area contributed by atoms with E-state index in [-0.39, 0.29) is 39.6 Å². The predicted octanol–water partition coefficient (Wildman–Crippen LogP) is 7.04. The highest BCUT2D eigenvalue weighted by Crippen LogP contribution is 2.73. The zero-order valence-corrected chi connectivity index (χ0v) is 23.8. The number of carbonyl (C=O) groups is 3.